The Morgan fingerprint density at radius 2 is 2.19 bits per heavy atom. The average Bonchev–Trinajstić information content (AvgIpc) is 3.31. The standard InChI is InChI=1S/C18H16BrN5O3/c1-11-9-16(20-10-15(11)24(25)26)23-8-4-7-14(23)18-21-17(22-27-18)12-5-2-3-6-13(12)19/h2-3,5-6,9-10,14H,4,7-8H2,1H3. The van der Waals surface area contributed by atoms with Crippen molar-refractivity contribution in [1.29, 1.82) is 0 Å². The molecule has 0 aliphatic carbocycles. The minimum atomic E-state index is -0.421. The second-order valence-electron chi connectivity index (χ2n) is 6.37. The van der Waals surface area contributed by atoms with Gasteiger partial charge in [0.2, 0.25) is 11.7 Å². The smallest absolute Gasteiger partial charge is 0.290 e. The first-order valence-electron chi connectivity index (χ1n) is 8.51. The van der Waals surface area contributed by atoms with E-state index in [-0.39, 0.29) is 11.7 Å². The summed E-state index contributed by atoms with van der Waals surface area (Å²) < 4.78 is 6.44. The molecule has 0 radical (unpaired) electrons. The van der Waals surface area contributed by atoms with Crippen molar-refractivity contribution in [3.05, 3.63) is 62.6 Å². The molecule has 0 amide bonds. The molecular formula is C18H16BrN5O3. The molecule has 1 aliphatic rings. The Labute approximate surface area is 163 Å². The molecule has 138 valence electrons. The number of hydrogen-bond donors (Lipinski definition) is 0. The molecule has 1 unspecified atom stereocenters. The summed E-state index contributed by atoms with van der Waals surface area (Å²) in [5.74, 6) is 1.73. The third kappa shape index (κ3) is 3.30. The van der Waals surface area contributed by atoms with Crippen molar-refractivity contribution in [1.82, 2.24) is 15.1 Å². The van der Waals surface area contributed by atoms with Gasteiger partial charge in [-0.1, -0.05) is 33.2 Å². The van der Waals surface area contributed by atoms with Crippen LogP contribution in [0.4, 0.5) is 11.5 Å². The van der Waals surface area contributed by atoms with E-state index >= 15 is 0 Å². The molecule has 1 fully saturated rings. The zero-order valence-electron chi connectivity index (χ0n) is 14.5. The van der Waals surface area contributed by atoms with Gasteiger partial charge in [-0.2, -0.15) is 4.98 Å². The maximum Gasteiger partial charge on any atom is 0.290 e. The van der Waals surface area contributed by atoms with Gasteiger partial charge in [0.15, 0.2) is 0 Å². The predicted octanol–water partition coefficient (Wildman–Crippen LogP) is 4.45. The van der Waals surface area contributed by atoms with Gasteiger partial charge in [-0.05, 0) is 38.0 Å². The zero-order valence-corrected chi connectivity index (χ0v) is 16.1. The largest absolute Gasteiger partial charge is 0.345 e. The van der Waals surface area contributed by atoms with Crippen LogP contribution in [0.15, 0.2) is 45.5 Å². The first-order chi connectivity index (χ1) is 13.0. The number of anilines is 1. The zero-order chi connectivity index (χ0) is 19.0. The van der Waals surface area contributed by atoms with Crippen LogP contribution in [0.5, 0.6) is 0 Å². The monoisotopic (exact) mass is 429 g/mol. The van der Waals surface area contributed by atoms with Gasteiger partial charge in [-0.3, -0.25) is 10.1 Å². The molecule has 1 atom stereocenters. The molecule has 9 heteroatoms. The second kappa shape index (κ2) is 7.07. The Balaban J connectivity index is 1.64. The summed E-state index contributed by atoms with van der Waals surface area (Å²) in [7, 11) is 0. The lowest BCUT2D eigenvalue weighted by molar-refractivity contribution is -0.385. The number of rotatable bonds is 4. The highest BCUT2D eigenvalue weighted by Crippen LogP contribution is 2.36. The Kier molecular flexibility index (Phi) is 4.61. The first kappa shape index (κ1) is 17.6. The summed E-state index contributed by atoms with van der Waals surface area (Å²) in [5, 5.41) is 15.1. The number of benzene rings is 1. The molecule has 0 spiro atoms. The Hall–Kier alpha value is -2.81. The Morgan fingerprint density at radius 1 is 1.37 bits per heavy atom. The van der Waals surface area contributed by atoms with Gasteiger partial charge in [-0.25, -0.2) is 4.98 Å². The van der Waals surface area contributed by atoms with E-state index in [1.165, 1.54) is 6.20 Å². The topological polar surface area (TPSA) is 98.2 Å². The van der Waals surface area contributed by atoms with Gasteiger partial charge >= 0.3 is 0 Å². The maximum atomic E-state index is 11.0. The number of nitrogens with zero attached hydrogens (tertiary/aromatic N) is 5. The second-order valence-corrected chi connectivity index (χ2v) is 7.23. The van der Waals surface area contributed by atoms with Crippen molar-refractivity contribution in [2.24, 2.45) is 0 Å². The molecule has 1 saturated heterocycles. The maximum absolute atomic E-state index is 11.0. The number of aryl methyl sites for hydroxylation is 1. The van der Waals surface area contributed by atoms with E-state index in [2.05, 4.69) is 36.0 Å². The highest BCUT2D eigenvalue weighted by molar-refractivity contribution is 9.10. The van der Waals surface area contributed by atoms with Gasteiger partial charge in [-0.15, -0.1) is 0 Å². The number of halogens is 1. The van der Waals surface area contributed by atoms with E-state index < -0.39 is 4.92 Å². The van der Waals surface area contributed by atoms with Gasteiger partial charge < -0.3 is 9.42 Å². The molecule has 3 aromatic rings. The predicted molar refractivity (Wildman–Crippen MR) is 102 cm³/mol. The fraction of sp³-hybridized carbons (Fsp3) is 0.278. The Bertz CT molecular complexity index is 1010. The number of nitro groups is 1. The van der Waals surface area contributed by atoms with Crippen molar-refractivity contribution in [3.8, 4) is 11.4 Å². The van der Waals surface area contributed by atoms with Crippen LogP contribution in [0.2, 0.25) is 0 Å². The van der Waals surface area contributed by atoms with Crippen LogP contribution in [0.3, 0.4) is 0 Å². The molecule has 27 heavy (non-hydrogen) atoms. The normalized spacial score (nSPS) is 16.7. The van der Waals surface area contributed by atoms with Crippen LogP contribution in [-0.4, -0.2) is 26.6 Å². The molecule has 1 aliphatic heterocycles. The van der Waals surface area contributed by atoms with E-state index in [9.17, 15) is 10.1 Å². The van der Waals surface area contributed by atoms with E-state index in [0.29, 0.717) is 23.1 Å². The number of hydrogen-bond acceptors (Lipinski definition) is 7. The molecule has 1 aromatic carbocycles. The van der Waals surface area contributed by atoms with Crippen LogP contribution >= 0.6 is 15.9 Å². The van der Waals surface area contributed by atoms with Crippen LogP contribution < -0.4 is 4.90 Å². The first-order valence-corrected chi connectivity index (χ1v) is 9.30. The van der Waals surface area contributed by atoms with Crippen LogP contribution in [0, 0.1) is 17.0 Å². The molecule has 3 heterocycles. The molecular weight excluding hydrogens is 414 g/mol. The molecule has 4 rings (SSSR count). The SMILES string of the molecule is Cc1cc(N2CCCC2c2nc(-c3ccccc3Br)no2)ncc1[N+](=O)[O-]. The lowest BCUT2D eigenvalue weighted by Crippen LogP contribution is -2.24. The summed E-state index contributed by atoms with van der Waals surface area (Å²) in [6.07, 6.45) is 3.12. The van der Waals surface area contributed by atoms with Gasteiger partial charge in [0.25, 0.3) is 5.69 Å². The van der Waals surface area contributed by atoms with Crippen molar-refractivity contribution >= 4 is 27.4 Å². The van der Waals surface area contributed by atoms with Crippen LogP contribution in [0.25, 0.3) is 11.4 Å². The number of aromatic nitrogens is 3. The summed E-state index contributed by atoms with van der Waals surface area (Å²) in [4.78, 5) is 21.5. The third-order valence-corrected chi connectivity index (χ3v) is 5.35. The van der Waals surface area contributed by atoms with Gasteiger partial charge in [0.1, 0.15) is 18.1 Å². The lowest BCUT2D eigenvalue weighted by atomic mass is 10.2. The third-order valence-electron chi connectivity index (χ3n) is 4.65. The highest BCUT2D eigenvalue weighted by Gasteiger charge is 2.32. The number of pyridine rings is 1. The van der Waals surface area contributed by atoms with Crippen molar-refractivity contribution in [2.75, 3.05) is 11.4 Å². The average molecular weight is 430 g/mol. The molecule has 0 saturated carbocycles. The quantitative estimate of drug-likeness (QED) is 0.445. The van der Waals surface area contributed by atoms with Crippen molar-refractivity contribution < 1.29 is 9.45 Å². The van der Waals surface area contributed by atoms with Crippen LogP contribution in [-0.2, 0) is 0 Å². The highest BCUT2D eigenvalue weighted by atomic mass is 79.9. The van der Waals surface area contributed by atoms with Gasteiger partial charge in [0.05, 0.1) is 4.92 Å². The lowest BCUT2D eigenvalue weighted by Gasteiger charge is -2.23. The van der Waals surface area contributed by atoms with E-state index in [4.69, 9.17) is 4.52 Å². The summed E-state index contributed by atoms with van der Waals surface area (Å²) in [6, 6.07) is 9.34. The van der Waals surface area contributed by atoms with E-state index in [0.717, 1.165) is 29.4 Å². The van der Waals surface area contributed by atoms with E-state index in [1.54, 1.807) is 13.0 Å². The van der Waals surface area contributed by atoms with Crippen molar-refractivity contribution in [3.63, 3.8) is 0 Å². The molecule has 0 N–H and O–H groups in total. The Morgan fingerprint density at radius 3 is 2.93 bits per heavy atom. The minimum absolute atomic E-state index is 0.0171. The van der Waals surface area contributed by atoms with Crippen molar-refractivity contribution in [2.45, 2.75) is 25.8 Å². The summed E-state index contributed by atoms with van der Waals surface area (Å²) >= 11 is 3.50. The van der Waals surface area contributed by atoms with E-state index in [1.807, 2.05) is 24.3 Å². The molecule has 2 aromatic heterocycles. The fourth-order valence-corrected chi connectivity index (χ4v) is 3.76. The summed E-state index contributed by atoms with van der Waals surface area (Å²) in [5.41, 5.74) is 1.46. The van der Waals surface area contributed by atoms with Gasteiger partial charge in [0, 0.05) is 22.1 Å². The minimum Gasteiger partial charge on any atom is -0.345 e. The molecule has 8 nitrogen and oxygen atoms in total. The van der Waals surface area contributed by atoms with Crippen LogP contribution in [0.1, 0.15) is 30.3 Å². The summed E-state index contributed by atoms with van der Waals surface area (Å²) in [6.45, 7) is 2.49. The fourth-order valence-electron chi connectivity index (χ4n) is 3.30. The molecule has 0 bridgehead atoms.